The molecule has 0 saturated heterocycles. The molecule has 2 heterocycles. The predicted octanol–water partition coefficient (Wildman–Crippen LogP) is 5.89. The fraction of sp³-hybridized carbons (Fsp3) is 0.667. The van der Waals surface area contributed by atoms with Gasteiger partial charge in [0.25, 0.3) is 0 Å². The molecule has 0 fully saturated rings. The fourth-order valence-electron chi connectivity index (χ4n) is 2.11. The molecule has 0 aliphatic carbocycles. The van der Waals surface area contributed by atoms with E-state index in [1.165, 1.54) is 25.7 Å². The van der Waals surface area contributed by atoms with Crippen LogP contribution < -0.4 is 0 Å². The summed E-state index contributed by atoms with van der Waals surface area (Å²) in [6.07, 6.45) is 4.84. The molecule has 3 heteroatoms. The van der Waals surface area contributed by atoms with E-state index in [0.29, 0.717) is 0 Å². The molecule has 1 nitrogen and oxygen atoms in total. The zero-order valence-electron chi connectivity index (χ0n) is 10.1. The summed E-state index contributed by atoms with van der Waals surface area (Å²) < 4.78 is 6.27. The maximum atomic E-state index is 6.27. The van der Waals surface area contributed by atoms with Gasteiger partial charge in [-0.2, -0.15) is 0 Å². The molecule has 0 radical (unpaired) electrons. The summed E-state index contributed by atoms with van der Waals surface area (Å²) in [5.74, 6) is 0. The van der Waals surface area contributed by atoms with E-state index in [0.717, 1.165) is 0 Å². The summed E-state index contributed by atoms with van der Waals surface area (Å²) in [6.45, 7) is 9.02. The van der Waals surface area contributed by atoms with Crippen molar-refractivity contribution in [3.05, 3.63) is 21.3 Å². The average molecular weight is 242 g/mol. The first-order valence-corrected chi connectivity index (χ1v) is 8.52. The normalized spacial score (nSPS) is 21.6. The largest absolute Gasteiger partial charge is 0.320 e. The highest BCUT2D eigenvalue weighted by molar-refractivity contribution is 7.81. The predicted molar refractivity (Wildman–Crippen MR) is 70.1 cm³/mol. The monoisotopic (exact) mass is 242 g/mol. The van der Waals surface area contributed by atoms with Gasteiger partial charge in [0.1, 0.15) is 0 Å². The third-order valence-electron chi connectivity index (χ3n) is 3.05. The second kappa shape index (κ2) is 4.66. The van der Waals surface area contributed by atoms with Crippen LogP contribution >= 0.6 is 16.3 Å². The van der Waals surface area contributed by atoms with E-state index in [1.807, 2.05) is 0 Å². The van der Waals surface area contributed by atoms with E-state index in [2.05, 4.69) is 27.7 Å². The van der Waals surface area contributed by atoms with Gasteiger partial charge in [-0.15, -0.1) is 0 Å². The van der Waals surface area contributed by atoms with Crippen LogP contribution in [0.4, 0.5) is 0 Å². The molecule has 0 atom stereocenters. The summed E-state index contributed by atoms with van der Waals surface area (Å²) in [6, 6.07) is 0. The second-order valence-corrected chi connectivity index (χ2v) is 7.86. The van der Waals surface area contributed by atoms with E-state index in [-0.39, 0.29) is 16.3 Å². The van der Waals surface area contributed by atoms with Gasteiger partial charge in [0.05, 0.1) is 16.3 Å². The Labute approximate surface area is 95.6 Å². The average Bonchev–Trinajstić information content (AvgIpc) is 3.13. The summed E-state index contributed by atoms with van der Waals surface area (Å²) in [4.78, 5) is 0. The molecule has 0 aromatic carbocycles. The standard InChI is InChI=1S/C12H20OP2/c1-5-9-10(6-2)14(9)13-15-11(7-3)12(15)8-4/h5-8H2,1-4H3. The quantitative estimate of drug-likeness (QED) is 0.528. The van der Waals surface area contributed by atoms with Crippen LogP contribution in [0.2, 0.25) is 0 Å². The smallest absolute Gasteiger partial charge is 0.0901 e. The fourth-order valence-corrected chi connectivity index (χ4v) is 7.25. The maximum absolute atomic E-state index is 6.27. The van der Waals surface area contributed by atoms with Crippen molar-refractivity contribution in [2.75, 3.05) is 0 Å². The molecule has 15 heavy (non-hydrogen) atoms. The zero-order chi connectivity index (χ0) is 11.0. The molecule has 0 N–H and O–H groups in total. The Hall–Kier alpha value is 0.300. The van der Waals surface area contributed by atoms with Crippen LogP contribution in [0, 0.1) is 0 Å². The maximum Gasteiger partial charge on any atom is 0.0901 e. The zero-order valence-corrected chi connectivity index (χ0v) is 11.9. The summed E-state index contributed by atoms with van der Waals surface area (Å²) in [7, 11) is -0.397. The Bertz CT molecular complexity index is 271. The Kier molecular flexibility index (Phi) is 3.66. The van der Waals surface area contributed by atoms with Crippen molar-refractivity contribution in [2.45, 2.75) is 53.4 Å². The number of allylic oxidation sites excluding steroid dienone is 4. The van der Waals surface area contributed by atoms with Crippen molar-refractivity contribution in [2.24, 2.45) is 0 Å². The minimum atomic E-state index is -0.199. The first-order valence-electron chi connectivity index (χ1n) is 6.00. The molecule has 0 spiro atoms. The number of hydrogen-bond acceptors (Lipinski definition) is 1. The highest BCUT2D eigenvalue weighted by Gasteiger charge is 2.44. The van der Waals surface area contributed by atoms with Gasteiger partial charge >= 0.3 is 0 Å². The van der Waals surface area contributed by atoms with E-state index in [4.69, 9.17) is 4.31 Å². The van der Waals surface area contributed by atoms with Crippen molar-refractivity contribution in [1.82, 2.24) is 0 Å². The molecule has 0 saturated carbocycles. The lowest BCUT2D eigenvalue weighted by Gasteiger charge is -2.04. The Balaban J connectivity index is 1.83. The van der Waals surface area contributed by atoms with E-state index >= 15 is 0 Å². The van der Waals surface area contributed by atoms with Gasteiger partial charge in [-0.3, -0.25) is 0 Å². The van der Waals surface area contributed by atoms with Crippen molar-refractivity contribution < 1.29 is 4.31 Å². The highest BCUT2D eigenvalue weighted by atomic mass is 31.2. The van der Waals surface area contributed by atoms with E-state index < -0.39 is 0 Å². The first-order chi connectivity index (χ1) is 7.28. The summed E-state index contributed by atoms with van der Waals surface area (Å²) in [5.41, 5.74) is 0. The highest BCUT2D eigenvalue weighted by Crippen LogP contribution is 2.85. The molecule has 2 aliphatic rings. The Morgan fingerprint density at radius 2 is 0.933 bits per heavy atom. The Morgan fingerprint density at radius 3 is 1.13 bits per heavy atom. The van der Waals surface area contributed by atoms with Gasteiger partial charge in [-0.05, 0) is 46.9 Å². The molecular weight excluding hydrogens is 222 g/mol. The first kappa shape index (κ1) is 11.8. The van der Waals surface area contributed by atoms with Crippen LogP contribution in [0.25, 0.3) is 0 Å². The van der Waals surface area contributed by atoms with Crippen LogP contribution in [0.3, 0.4) is 0 Å². The van der Waals surface area contributed by atoms with Crippen molar-refractivity contribution in [3.8, 4) is 0 Å². The topological polar surface area (TPSA) is 9.23 Å². The minimum Gasteiger partial charge on any atom is -0.320 e. The SMILES string of the molecule is CCC1=C(CC)P1OP1C(CC)=C1CC. The van der Waals surface area contributed by atoms with Crippen molar-refractivity contribution in [3.63, 3.8) is 0 Å². The van der Waals surface area contributed by atoms with Gasteiger partial charge in [0.15, 0.2) is 0 Å². The molecule has 0 bridgehead atoms. The lowest BCUT2D eigenvalue weighted by molar-refractivity contribution is 0.719. The lowest BCUT2D eigenvalue weighted by atomic mass is 10.4. The molecule has 0 aromatic heterocycles. The molecule has 84 valence electrons. The number of rotatable bonds is 6. The third kappa shape index (κ3) is 2.07. The van der Waals surface area contributed by atoms with Gasteiger partial charge < -0.3 is 4.31 Å². The van der Waals surface area contributed by atoms with Gasteiger partial charge in [-0.25, -0.2) is 0 Å². The second-order valence-electron chi connectivity index (χ2n) is 3.87. The lowest BCUT2D eigenvalue weighted by Crippen LogP contribution is -1.63. The van der Waals surface area contributed by atoms with Crippen molar-refractivity contribution in [1.29, 1.82) is 0 Å². The molecular formula is C12H20OP2. The summed E-state index contributed by atoms with van der Waals surface area (Å²) >= 11 is 0. The summed E-state index contributed by atoms with van der Waals surface area (Å²) in [5, 5.41) is 6.58. The van der Waals surface area contributed by atoms with Gasteiger partial charge in [-0.1, -0.05) is 27.7 Å². The van der Waals surface area contributed by atoms with Crippen LogP contribution in [0.5, 0.6) is 0 Å². The molecule has 0 aromatic rings. The third-order valence-corrected chi connectivity index (χ3v) is 8.21. The van der Waals surface area contributed by atoms with Crippen molar-refractivity contribution >= 4 is 16.3 Å². The van der Waals surface area contributed by atoms with E-state index in [9.17, 15) is 0 Å². The Morgan fingerprint density at radius 1 is 0.667 bits per heavy atom. The molecule has 2 rings (SSSR count). The van der Waals surface area contributed by atoms with Crippen LogP contribution in [-0.4, -0.2) is 0 Å². The van der Waals surface area contributed by atoms with E-state index in [1.54, 1.807) is 21.3 Å². The number of hydrogen-bond donors (Lipinski definition) is 0. The van der Waals surface area contributed by atoms with Crippen LogP contribution in [0.1, 0.15) is 53.4 Å². The molecule has 2 aliphatic heterocycles. The minimum absolute atomic E-state index is 0.199. The van der Waals surface area contributed by atoms with Gasteiger partial charge in [0.2, 0.25) is 0 Å². The van der Waals surface area contributed by atoms with Gasteiger partial charge in [0, 0.05) is 0 Å². The van der Waals surface area contributed by atoms with Crippen LogP contribution in [0.15, 0.2) is 21.3 Å². The molecule has 0 amide bonds. The molecule has 0 unspecified atom stereocenters. The van der Waals surface area contributed by atoms with Crippen LogP contribution in [-0.2, 0) is 4.31 Å².